The Morgan fingerprint density at radius 1 is 1.35 bits per heavy atom. The molecule has 0 aromatic heterocycles. The van der Waals surface area contributed by atoms with Crippen LogP contribution < -0.4 is 10.6 Å². The highest BCUT2D eigenvalue weighted by Gasteiger charge is 2.43. The molecule has 0 saturated carbocycles. The number of rotatable bonds is 2. The monoisotopic (exact) mass is 235 g/mol. The van der Waals surface area contributed by atoms with E-state index in [1.165, 1.54) is 25.1 Å². The van der Waals surface area contributed by atoms with Crippen molar-refractivity contribution in [2.75, 3.05) is 0 Å². The SMILES string of the molecule is C[C@@]1(c2cccc([N+](=O)[O-])c2)NC(=O)NC1=O. The third-order valence-electron chi connectivity index (χ3n) is 2.68. The summed E-state index contributed by atoms with van der Waals surface area (Å²) < 4.78 is 0. The van der Waals surface area contributed by atoms with Crippen LogP contribution in [0.3, 0.4) is 0 Å². The number of nitro groups is 1. The maximum absolute atomic E-state index is 11.6. The Morgan fingerprint density at radius 3 is 2.59 bits per heavy atom. The number of urea groups is 1. The molecule has 88 valence electrons. The molecular weight excluding hydrogens is 226 g/mol. The summed E-state index contributed by atoms with van der Waals surface area (Å²) in [5, 5.41) is 15.2. The van der Waals surface area contributed by atoms with Gasteiger partial charge >= 0.3 is 6.03 Å². The van der Waals surface area contributed by atoms with Crippen LogP contribution in [0, 0.1) is 10.1 Å². The van der Waals surface area contributed by atoms with E-state index in [1.807, 2.05) is 0 Å². The summed E-state index contributed by atoms with van der Waals surface area (Å²) in [6.45, 7) is 1.49. The van der Waals surface area contributed by atoms with Crippen LogP contribution in [0.1, 0.15) is 12.5 Å². The molecule has 0 spiro atoms. The van der Waals surface area contributed by atoms with Gasteiger partial charge in [-0.15, -0.1) is 0 Å². The maximum atomic E-state index is 11.6. The minimum Gasteiger partial charge on any atom is -0.320 e. The minimum absolute atomic E-state index is 0.127. The topological polar surface area (TPSA) is 101 Å². The molecule has 1 aliphatic heterocycles. The van der Waals surface area contributed by atoms with E-state index in [-0.39, 0.29) is 5.69 Å². The van der Waals surface area contributed by atoms with Crippen LogP contribution in [0.15, 0.2) is 24.3 Å². The summed E-state index contributed by atoms with van der Waals surface area (Å²) >= 11 is 0. The Labute approximate surface area is 96.0 Å². The van der Waals surface area contributed by atoms with Crippen LogP contribution in [0.2, 0.25) is 0 Å². The summed E-state index contributed by atoms with van der Waals surface area (Å²) in [5.74, 6) is -0.525. The Hall–Kier alpha value is -2.44. The first kappa shape index (κ1) is 11.1. The van der Waals surface area contributed by atoms with E-state index in [0.717, 1.165) is 0 Å². The van der Waals surface area contributed by atoms with Crippen LogP contribution >= 0.6 is 0 Å². The molecule has 0 radical (unpaired) electrons. The van der Waals surface area contributed by atoms with Gasteiger partial charge in [-0.25, -0.2) is 4.79 Å². The summed E-state index contributed by atoms with van der Waals surface area (Å²) in [6, 6.07) is 5.01. The second-order valence-corrected chi connectivity index (χ2v) is 3.84. The highest BCUT2D eigenvalue weighted by atomic mass is 16.6. The van der Waals surface area contributed by atoms with Gasteiger partial charge in [0.25, 0.3) is 11.6 Å². The largest absolute Gasteiger partial charge is 0.322 e. The summed E-state index contributed by atoms with van der Waals surface area (Å²) in [4.78, 5) is 32.8. The highest BCUT2D eigenvalue weighted by molar-refractivity contribution is 6.07. The van der Waals surface area contributed by atoms with Crippen molar-refractivity contribution in [2.45, 2.75) is 12.5 Å². The number of benzene rings is 1. The molecule has 7 heteroatoms. The minimum atomic E-state index is -1.26. The van der Waals surface area contributed by atoms with Crippen LogP contribution in [0.5, 0.6) is 0 Å². The third kappa shape index (κ3) is 1.71. The number of nitrogens with zero attached hydrogens (tertiary/aromatic N) is 1. The van der Waals surface area contributed by atoms with Gasteiger partial charge in [0.1, 0.15) is 5.54 Å². The Kier molecular flexibility index (Phi) is 2.31. The zero-order valence-electron chi connectivity index (χ0n) is 8.89. The average Bonchev–Trinajstić information content (AvgIpc) is 2.54. The molecule has 0 bridgehead atoms. The van der Waals surface area contributed by atoms with E-state index in [0.29, 0.717) is 5.56 Å². The van der Waals surface area contributed by atoms with Crippen LogP contribution in [0.4, 0.5) is 10.5 Å². The van der Waals surface area contributed by atoms with Gasteiger partial charge in [0.05, 0.1) is 4.92 Å². The smallest absolute Gasteiger partial charge is 0.320 e. The molecule has 1 heterocycles. The molecule has 1 fully saturated rings. The van der Waals surface area contributed by atoms with Gasteiger partial charge in [-0.2, -0.15) is 0 Å². The van der Waals surface area contributed by atoms with Gasteiger partial charge in [-0.3, -0.25) is 20.2 Å². The van der Waals surface area contributed by atoms with E-state index in [2.05, 4.69) is 10.6 Å². The predicted molar refractivity (Wildman–Crippen MR) is 57.1 cm³/mol. The fourth-order valence-corrected chi connectivity index (χ4v) is 1.68. The fraction of sp³-hybridized carbons (Fsp3) is 0.200. The van der Waals surface area contributed by atoms with Crippen LogP contribution in [0.25, 0.3) is 0 Å². The molecule has 2 N–H and O–H groups in total. The van der Waals surface area contributed by atoms with E-state index >= 15 is 0 Å². The van der Waals surface area contributed by atoms with Crippen molar-refractivity contribution < 1.29 is 14.5 Å². The van der Waals surface area contributed by atoms with Crippen molar-refractivity contribution >= 4 is 17.6 Å². The lowest BCUT2D eigenvalue weighted by molar-refractivity contribution is -0.385. The molecule has 1 aliphatic rings. The normalized spacial score (nSPS) is 23.1. The molecule has 1 aromatic carbocycles. The number of imide groups is 1. The number of carbonyl (C=O) groups excluding carboxylic acids is 2. The summed E-state index contributed by atoms with van der Waals surface area (Å²) in [7, 11) is 0. The first-order valence-electron chi connectivity index (χ1n) is 4.82. The standard InChI is InChI=1S/C10H9N3O4/c1-10(8(14)11-9(15)12-10)6-3-2-4-7(5-6)13(16)17/h2-5H,1H3,(H2,11,12,14,15)/t10-/m0/s1. The maximum Gasteiger partial charge on any atom is 0.322 e. The molecule has 1 atom stereocenters. The molecular formula is C10H9N3O4. The van der Waals surface area contributed by atoms with Crippen molar-refractivity contribution in [1.29, 1.82) is 0 Å². The van der Waals surface area contributed by atoms with Gasteiger partial charge in [0.2, 0.25) is 0 Å². The number of non-ortho nitro benzene ring substituents is 1. The zero-order chi connectivity index (χ0) is 12.6. The molecule has 1 aromatic rings. The van der Waals surface area contributed by atoms with Crippen molar-refractivity contribution in [3.63, 3.8) is 0 Å². The number of nitrogens with one attached hydrogen (secondary N) is 2. The molecule has 1 saturated heterocycles. The lowest BCUT2D eigenvalue weighted by atomic mass is 9.92. The number of amides is 3. The van der Waals surface area contributed by atoms with Crippen molar-refractivity contribution in [3.05, 3.63) is 39.9 Å². The zero-order valence-corrected chi connectivity index (χ0v) is 8.89. The van der Waals surface area contributed by atoms with E-state index < -0.39 is 22.4 Å². The average molecular weight is 235 g/mol. The van der Waals surface area contributed by atoms with Crippen molar-refractivity contribution in [2.24, 2.45) is 0 Å². The summed E-state index contributed by atoms with van der Waals surface area (Å²) in [5.41, 5.74) is -1.02. The lowest BCUT2D eigenvalue weighted by Gasteiger charge is -2.20. The predicted octanol–water partition coefficient (Wildman–Crippen LogP) is 0.649. The molecule has 7 nitrogen and oxygen atoms in total. The molecule has 2 rings (SSSR count). The fourth-order valence-electron chi connectivity index (χ4n) is 1.68. The number of hydrogen-bond donors (Lipinski definition) is 2. The number of nitro benzene ring substituents is 1. The van der Waals surface area contributed by atoms with E-state index in [4.69, 9.17) is 0 Å². The number of hydrogen-bond acceptors (Lipinski definition) is 4. The van der Waals surface area contributed by atoms with Crippen molar-refractivity contribution in [3.8, 4) is 0 Å². The summed E-state index contributed by atoms with van der Waals surface area (Å²) in [6.07, 6.45) is 0. The van der Waals surface area contributed by atoms with Gasteiger partial charge in [-0.05, 0) is 12.5 Å². The quantitative estimate of drug-likeness (QED) is 0.446. The highest BCUT2D eigenvalue weighted by Crippen LogP contribution is 2.26. The van der Waals surface area contributed by atoms with Crippen LogP contribution in [-0.2, 0) is 10.3 Å². The second-order valence-electron chi connectivity index (χ2n) is 3.84. The molecule has 3 amide bonds. The lowest BCUT2D eigenvalue weighted by Crippen LogP contribution is -2.40. The Morgan fingerprint density at radius 2 is 2.06 bits per heavy atom. The first-order valence-corrected chi connectivity index (χ1v) is 4.82. The van der Waals surface area contributed by atoms with Crippen LogP contribution in [-0.4, -0.2) is 16.9 Å². The molecule has 17 heavy (non-hydrogen) atoms. The van der Waals surface area contributed by atoms with Crippen molar-refractivity contribution in [1.82, 2.24) is 10.6 Å². The first-order chi connectivity index (χ1) is 7.93. The molecule has 0 aliphatic carbocycles. The van der Waals surface area contributed by atoms with Gasteiger partial charge in [0.15, 0.2) is 0 Å². The third-order valence-corrected chi connectivity index (χ3v) is 2.68. The van der Waals surface area contributed by atoms with Gasteiger partial charge < -0.3 is 5.32 Å². The second kappa shape index (κ2) is 3.55. The molecule has 0 unspecified atom stereocenters. The number of carbonyl (C=O) groups is 2. The van der Waals surface area contributed by atoms with E-state index in [9.17, 15) is 19.7 Å². The van der Waals surface area contributed by atoms with E-state index in [1.54, 1.807) is 6.07 Å². The van der Waals surface area contributed by atoms with Gasteiger partial charge in [-0.1, -0.05) is 12.1 Å². The Bertz CT molecular complexity index is 528. The Balaban J connectivity index is 2.47. The van der Waals surface area contributed by atoms with Gasteiger partial charge in [0, 0.05) is 12.1 Å².